The zero-order chi connectivity index (χ0) is 31.0. The molecule has 0 unspecified atom stereocenters. The Balaban J connectivity index is 1.06. The van der Waals surface area contributed by atoms with Crippen LogP contribution in [0.4, 0.5) is 17.2 Å². The van der Waals surface area contributed by atoms with Gasteiger partial charge in [0.25, 0.3) is 11.8 Å². The van der Waals surface area contributed by atoms with Crippen LogP contribution in [0.3, 0.4) is 0 Å². The van der Waals surface area contributed by atoms with Crippen molar-refractivity contribution >= 4 is 35.0 Å². The highest BCUT2D eigenvalue weighted by Gasteiger charge is 2.45. The van der Waals surface area contributed by atoms with Crippen molar-refractivity contribution < 1.29 is 28.3 Å². The summed E-state index contributed by atoms with van der Waals surface area (Å²) >= 11 is 0. The molecular formula is C35H34N4O6. The maximum Gasteiger partial charge on any atom is 0.374 e. The molecule has 0 atom stereocenters. The van der Waals surface area contributed by atoms with Gasteiger partial charge in [0.2, 0.25) is 5.76 Å². The van der Waals surface area contributed by atoms with Crippen molar-refractivity contribution in [3.63, 3.8) is 0 Å². The van der Waals surface area contributed by atoms with Gasteiger partial charge in [-0.25, -0.2) is 9.78 Å². The van der Waals surface area contributed by atoms with Crippen LogP contribution in [-0.2, 0) is 15.9 Å². The highest BCUT2D eigenvalue weighted by atomic mass is 16.5. The number of amides is 2. The summed E-state index contributed by atoms with van der Waals surface area (Å²) in [5, 5.41) is 2.98. The lowest BCUT2D eigenvalue weighted by molar-refractivity contribution is -0.000511. The minimum atomic E-state index is -0.508. The number of benzene rings is 2. The SMILES string of the molecule is CCOC(=O)c1cc2c(o1)-c1ccccc1N(C(=O)c1ccc(NC(=O)c3cccnc3N3CC4(CCOCC4)C3)cc1)CC2. The van der Waals surface area contributed by atoms with E-state index in [4.69, 9.17) is 13.9 Å². The first-order chi connectivity index (χ1) is 21.9. The average Bonchev–Trinajstić information content (AvgIpc) is 3.42. The molecule has 0 radical (unpaired) electrons. The number of anilines is 3. The molecule has 5 heterocycles. The highest BCUT2D eigenvalue weighted by molar-refractivity contribution is 6.10. The second-order valence-electron chi connectivity index (χ2n) is 11.8. The van der Waals surface area contributed by atoms with Crippen LogP contribution in [0.25, 0.3) is 11.3 Å². The molecule has 2 fully saturated rings. The summed E-state index contributed by atoms with van der Waals surface area (Å²) < 4.78 is 16.6. The number of rotatable bonds is 6. The highest BCUT2D eigenvalue weighted by Crippen LogP contribution is 2.42. The summed E-state index contributed by atoms with van der Waals surface area (Å²) in [6.07, 6.45) is 4.29. The number of pyridine rings is 1. The van der Waals surface area contributed by atoms with Crippen LogP contribution in [0.15, 0.2) is 77.3 Å². The molecule has 3 aliphatic rings. The van der Waals surface area contributed by atoms with Crippen LogP contribution in [0.2, 0.25) is 0 Å². The molecule has 230 valence electrons. The molecule has 10 heteroatoms. The second kappa shape index (κ2) is 11.9. The molecule has 2 saturated heterocycles. The van der Waals surface area contributed by atoms with Gasteiger partial charge >= 0.3 is 5.97 Å². The topological polar surface area (TPSA) is 114 Å². The average molecular weight is 607 g/mol. The lowest BCUT2D eigenvalue weighted by Gasteiger charge is -2.53. The maximum absolute atomic E-state index is 13.8. The zero-order valence-electron chi connectivity index (χ0n) is 25.1. The molecule has 2 amide bonds. The van der Waals surface area contributed by atoms with Crippen molar-refractivity contribution in [1.29, 1.82) is 0 Å². The predicted molar refractivity (Wildman–Crippen MR) is 169 cm³/mol. The summed E-state index contributed by atoms with van der Waals surface area (Å²) in [4.78, 5) is 47.9. The Morgan fingerprint density at radius 2 is 1.78 bits per heavy atom. The first kappa shape index (κ1) is 28.8. The Labute approximate surface area is 260 Å². The van der Waals surface area contributed by atoms with Crippen LogP contribution >= 0.6 is 0 Å². The summed E-state index contributed by atoms with van der Waals surface area (Å²) in [5.41, 5.74) is 4.11. The van der Waals surface area contributed by atoms with Gasteiger partial charge in [-0.2, -0.15) is 0 Å². The van der Waals surface area contributed by atoms with E-state index in [1.165, 1.54) is 0 Å². The molecule has 7 rings (SSSR count). The fraction of sp³-hybridized carbons (Fsp3) is 0.314. The van der Waals surface area contributed by atoms with Crippen LogP contribution in [-0.4, -0.2) is 62.2 Å². The van der Waals surface area contributed by atoms with Gasteiger partial charge in [-0.3, -0.25) is 9.59 Å². The van der Waals surface area contributed by atoms with Crippen LogP contribution in [0, 0.1) is 5.41 Å². The van der Waals surface area contributed by atoms with Crippen molar-refractivity contribution in [2.45, 2.75) is 26.2 Å². The zero-order valence-corrected chi connectivity index (χ0v) is 25.1. The molecule has 2 aromatic heterocycles. The normalized spacial score (nSPS) is 16.6. The number of para-hydroxylation sites is 1. The van der Waals surface area contributed by atoms with E-state index in [1.54, 1.807) is 60.5 Å². The fourth-order valence-electron chi connectivity index (χ4n) is 6.52. The summed E-state index contributed by atoms with van der Waals surface area (Å²) in [6.45, 7) is 5.72. The molecule has 2 aromatic carbocycles. The number of hydrogen-bond donors (Lipinski definition) is 1. The molecule has 4 aromatic rings. The third kappa shape index (κ3) is 5.46. The molecule has 45 heavy (non-hydrogen) atoms. The molecule has 3 aliphatic heterocycles. The van der Waals surface area contributed by atoms with E-state index >= 15 is 0 Å². The van der Waals surface area contributed by atoms with E-state index in [9.17, 15) is 14.4 Å². The Kier molecular flexibility index (Phi) is 7.58. The van der Waals surface area contributed by atoms with Gasteiger partial charge in [0.15, 0.2) is 0 Å². The Morgan fingerprint density at radius 3 is 2.56 bits per heavy atom. The third-order valence-corrected chi connectivity index (χ3v) is 8.90. The van der Waals surface area contributed by atoms with Gasteiger partial charge in [0.05, 0.1) is 17.9 Å². The summed E-state index contributed by atoms with van der Waals surface area (Å²) in [5.74, 6) is 0.477. The number of aromatic nitrogens is 1. The van der Waals surface area contributed by atoms with E-state index in [0.717, 1.165) is 50.3 Å². The second-order valence-corrected chi connectivity index (χ2v) is 11.8. The van der Waals surface area contributed by atoms with Crippen LogP contribution in [0.5, 0.6) is 0 Å². The smallest absolute Gasteiger partial charge is 0.374 e. The lowest BCUT2D eigenvalue weighted by atomic mass is 9.73. The number of ether oxygens (including phenoxy) is 2. The van der Waals surface area contributed by atoms with Crippen molar-refractivity contribution in [2.75, 3.05) is 54.6 Å². The van der Waals surface area contributed by atoms with Crippen LogP contribution in [0.1, 0.15) is 56.6 Å². The quantitative estimate of drug-likeness (QED) is 0.283. The monoisotopic (exact) mass is 606 g/mol. The fourth-order valence-corrected chi connectivity index (χ4v) is 6.52. The molecule has 0 bridgehead atoms. The molecule has 10 nitrogen and oxygen atoms in total. The van der Waals surface area contributed by atoms with E-state index < -0.39 is 5.97 Å². The predicted octanol–water partition coefficient (Wildman–Crippen LogP) is 5.59. The number of furan rings is 1. The summed E-state index contributed by atoms with van der Waals surface area (Å²) in [7, 11) is 0. The van der Waals surface area contributed by atoms with Gasteiger partial charge in [-0.15, -0.1) is 0 Å². The summed E-state index contributed by atoms with van der Waals surface area (Å²) in [6, 6.07) is 19.7. The standard InChI is InChI=1S/C35H34N4O6/c1-2-44-34(42)29-20-24-13-17-39(28-8-4-3-6-26(28)30(24)45-29)33(41)23-9-11-25(12-10-23)37-32(40)27-7-5-16-36-31(27)38-21-35(22-38)14-18-43-19-15-35/h3-12,16,20H,2,13-15,17-19,21-22H2,1H3,(H,37,40). The van der Waals surface area contributed by atoms with E-state index in [-0.39, 0.29) is 29.6 Å². The Bertz CT molecular complexity index is 1750. The number of fused-ring (bicyclic) bond motifs is 3. The maximum atomic E-state index is 13.8. The number of carbonyl (C=O) groups excluding carboxylic acids is 3. The van der Waals surface area contributed by atoms with E-state index in [0.29, 0.717) is 47.0 Å². The molecule has 1 spiro atoms. The molecule has 1 N–H and O–H groups in total. The number of esters is 1. The van der Waals surface area contributed by atoms with Gasteiger partial charge < -0.3 is 29.0 Å². The van der Waals surface area contributed by atoms with Gasteiger partial charge in [0, 0.05) is 66.8 Å². The van der Waals surface area contributed by atoms with Gasteiger partial charge in [-0.05, 0) is 80.8 Å². The van der Waals surface area contributed by atoms with E-state index in [1.807, 2.05) is 24.3 Å². The first-order valence-electron chi connectivity index (χ1n) is 15.3. The van der Waals surface area contributed by atoms with Crippen molar-refractivity contribution in [1.82, 2.24) is 4.98 Å². The van der Waals surface area contributed by atoms with Crippen molar-refractivity contribution in [3.8, 4) is 11.3 Å². The van der Waals surface area contributed by atoms with Gasteiger partial charge in [0.1, 0.15) is 11.6 Å². The van der Waals surface area contributed by atoms with Crippen molar-refractivity contribution in [2.24, 2.45) is 5.41 Å². The molecule has 0 saturated carbocycles. The number of nitrogens with zero attached hydrogens (tertiary/aromatic N) is 3. The Hall–Kier alpha value is -4.96. The van der Waals surface area contributed by atoms with Crippen molar-refractivity contribution in [3.05, 3.63) is 95.4 Å². The lowest BCUT2D eigenvalue weighted by Crippen LogP contribution is -2.59. The minimum Gasteiger partial charge on any atom is -0.460 e. The van der Waals surface area contributed by atoms with E-state index in [2.05, 4.69) is 15.2 Å². The molecular weight excluding hydrogens is 572 g/mol. The Morgan fingerprint density at radius 1 is 1.00 bits per heavy atom. The largest absolute Gasteiger partial charge is 0.460 e. The third-order valence-electron chi connectivity index (χ3n) is 8.90. The number of hydrogen-bond acceptors (Lipinski definition) is 8. The van der Waals surface area contributed by atoms with Crippen LogP contribution < -0.4 is 15.1 Å². The molecule has 0 aliphatic carbocycles. The number of nitrogens with one attached hydrogen (secondary N) is 1. The minimum absolute atomic E-state index is 0.153. The van der Waals surface area contributed by atoms with Gasteiger partial charge in [-0.1, -0.05) is 12.1 Å². The first-order valence-corrected chi connectivity index (χ1v) is 15.3. The number of carbonyl (C=O) groups is 3.